The standard InChI is InChI=1S/C14H12N4O/c1-10-5-6-11(8-16-10)12-9-17-18(14(12)19)13-4-2-3-7-15-13/h2-9,17H,1H3. The van der Waals surface area contributed by atoms with Crippen LogP contribution >= 0.6 is 0 Å². The van der Waals surface area contributed by atoms with Crippen molar-refractivity contribution in [1.82, 2.24) is 19.7 Å². The molecule has 0 atom stereocenters. The fraction of sp³-hybridized carbons (Fsp3) is 0.0714. The van der Waals surface area contributed by atoms with Crippen molar-refractivity contribution in [2.75, 3.05) is 0 Å². The molecule has 0 fully saturated rings. The Morgan fingerprint density at radius 3 is 2.74 bits per heavy atom. The number of pyridine rings is 2. The van der Waals surface area contributed by atoms with Gasteiger partial charge in [0.1, 0.15) is 0 Å². The molecule has 19 heavy (non-hydrogen) atoms. The maximum Gasteiger partial charge on any atom is 0.280 e. The molecule has 0 aliphatic carbocycles. The molecule has 0 radical (unpaired) electrons. The summed E-state index contributed by atoms with van der Waals surface area (Å²) in [5.74, 6) is 0.568. The second kappa shape index (κ2) is 4.53. The van der Waals surface area contributed by atoms with Crippen LogP contribution in [-0.2, 0) is 0 Å². The van der Waals surface area contributed by atoms with Crippen LogP contribution in [0.4, 0.5) is 0 Å². The van der Waals surface area contributed by atoms with Gasteiger partial charge in [0.2, 0.25) is 0 Å². The predicted octanol–water partition coefficient (Wildman–Crippen LogP) is 1.93. The van der Waals surface area contributed by atoms with Crippen molar-refractivity contribution < 1.29 is 0 Å². The van der Waals surface area contributed by atoms with Crippen molar-refractivity contribution in [3.05, 3.63) is 65.0 Å². The Hall–Kier alpha value is -2.69. The largest absolute Gasteiger partial charge is 0.296 e. The topological polar surface area (TPSA) is 63.6 Å². The summed E-state index contributed by atoms with van der Waals surface area (Å²) in [6.45, 7) is 1.91. The van der Waals surface area contributed by atoms with Gasteiger partial charge >= 0.3 is 0 Å². The Kier molecular flexibility index (Phi) is 2.72. The molecule has 3 aromatic heterocycles. The van der Waals surface area contributed by atoms with Crippen molar-refractivity contribution >= 4 is 0 Å². The lowest BCUT2D eigenvalue weighted by Gasteiger charge is -1.98. The highest BCUT2D eigenvalue weighted by Crippen LogP contribution is 2.14. The van der Waals surface area contributed by atoms with Gasteiger partial charge in [-0.3, -0.25) is 14.9 Å². The van der Waals surface area contributed by atoms with E-state index in [9.17, 15) is 4.79 Å². The molecule has 3 heterocycles. The van der Waals surface area contributed by atoms with Crippen LogP contribution < -0.4 is 5.56 Å². The molecule has 3 aromatic rings. The number of nitrogens with zero attached hydrogens (tertiary/aromatic N) is 3. The van der Waals surface area contributed by atoms with E-state index in [0.717, 1.165) is 11.3 Å². The molecule has 3 rings (SSSR count). The van der Waals surface area contributed by atoms with Gasteiger partial charge in [0.25, 0.3) is 5.56 Å². The van der Waals surface area contributed by atoms with Crippen molar-refractivity contribution in [3.63, 3.8) is 0 Å². The van der Waals surface area contributed by atoms with Crippen molar-refractivity contribution in [2.24, 2.45) is 0 Å². The first-order chi connectivity index (χ1) is 9.25. The Morgan fingerprint density at radius 1 is 1.16 bits per heavy atom. The van der Waals surface area contributed by atoms with Crippen LogP contribution in [0.15, 0.2) is 53.7 Å². The molecular weight excluding hydrogens is 240 g/mol. The average molecular weight is 252 g/mol. The van der Waals surface area contributed by atoms with Crippen LogP contribution in [0.5, 0.6) is 0 Å². The number of hydrogen-bond donors (Lipinski definition) is 1. The quantitative estimate of drug-likeness (QED) is 0.758. The molecule has 0 bridgehead atoms. The maximum absolute atomic E-state index is 12.3. The van der Waals surface area contributed by atoms with Crippen LogP contribution in [0.2, 0.25) is 0 Å². The minimum Gasteiger partial charge on any atom is -0.296 e. The van der Waals surface area contributed by atoms with Gasteiger partial charge in [0.15, 0.2) is 5.82 Å². The van der Waals surface area contributed by atoms with Gasteiger partial charge in [-0.15, -0.1) is 0 Å². The molecular formula is C14H12N4O. The molecule has 5 heteroatoms. The lowest BCUT2D eigenvalue weighted by molar-refractivity contribution is 0.819. The fourth-order valence-corrected chi connectivity index (χ4v) is 1.86. The van der Waals surface area contributed by atoms with E-state index >= 15 is 0 Å². The van der Waals surface area contributed by atoms with Gasteiger partial charge in [-0.2, -0.15) is 0 Å². The second-order valence-electron chi connectivity index (χ2n) is 4.20. The number of aromatic amines is 1. The van der Waals surface area contributed by atoms with Crippen molar-refractivity contribution in [2.45, 2.75) is 6.92 Å². The molecule has 94 valence electrons. The predicted molar refractivity (Wildman–Crippen MR) is 72.2 cm³/mol. The van der Waals surface area contributed by atoms with E-state index in [4.69, 9.17) is 0 Å². The van der Waals surface area contributed by atoms with E-state index in [1.54, 1.807) is 24.7 Å². The second-order valence-corrected chi connectivity index (χ2v) is 4.20. The first-order valence-corrected chi connectivity index (χ1v) is 5.90. The molecule has 0 saturated heterocycles. The molecule has 0 saturated carbocycles. The third-order valence-electron chi connectivity index (χ3n) is 2.87. The molecule has 5 nitrogen and oxygen atoms in total. The Labute approximate surface area is 109 Å². The first kappa shape index (κ1) is 11.4. The van der Waals surface area contributed by atoms with E-state index in [1.165, 1.54) is 4.68 Å². The van der Waals surface area contributed by atoms with E-state index in [1.807, 2.05) is 31.2 Å². The summed E-state index contributed by atoms with van der Waals surface area (Å²) >= 11 is 0. The summed E-state index contributed by atoms with van der Waals surface area (Å²) in [5, 5.41) is 2.92. The van der Waals surface area contributed by atoms with Crippen LogP contribution in [-0.4, -0.2) is 19.7 Å². The smallest absolute Gasteiger partial charge is 0.280 e. The summed E-state index contributed by atoms with van der Waals surface area (Å²) in [7, 11) is 0. The van der Waals surface area contributed by atoms with Crippen LogP contribution in [0.3, 0.4) is 0 Å². The minimum absolute atomic E-state index is 0.135. The van der Waals surface area contributed by atoms with E-state index in [2.05, 4.69) is 15.1 Å². The number of nitrogens with one attached hydrogen (secondary N) is 1. The number of hydrogen-bond acceptors (Lipinski definition) is 3. The number of rotatable bonds is 2. The zero-order valence-electron chi connectivity index (χ0n) is 10.4. The molecule has 1 N–H and O–H groups in total. The highest BCUT2D eigenvalue weighted by Gasteiger charge is 2.10. The van der Waals surface area contributed by atoms with Crippen LogP contribution in [0.25, 0.3) is 16.9 Å². The third kappa shape index (κ3) is 2.06. The Bertz CT molecular complexity index is 741. The molecule has 0 aliphatic rings. The summed E-state index contributed by atoms with van der Waals surface area (Å²) in [5.41, 5.74) is 2.16. The van der Waals surface area contributed by atoms with E-state index in [-0.39, 0.29) is 5.56 Å². The van der Waals surface area contributed by atoms with Gasteiger partial charge in [-0.05, 0) is 25.1 Å². The average Bonchev–Trinajstić information content (AvgIpc) is 2.83. The van der Waals surface area contributed by atoms with Crippen molar-refractivity contribution in [3.8, 4) is 16.9 Å². The van der Waals surface area contributed by atoms with Gasteiger partial charge < -0.3 is 0 Å². The number of aromatic nitrogens is 4. The summed E-state index contributed by atoms with van der Waals surface area (Å²) in [6.07, 6.45) is 5.02. The fourth-order valence-electron chi connectivity index (χ4n) is 1.86. The van der Waals surface area contributed by atoms with Gasteiger partial charge in [-0.1, -0.05) is 12.1 Å². The number of aryl methyl sites for hydroxylation is 1. The van der Waals surface area contributed by atoms with Crippen LogP contribution in [0.1, 0.15) is 5.69 Å². The van der Waals surface area contributed by atoms with E-state index < -0.39 is 0 Å². The first-order valence-electron chi connectivity index (χ1n) is 5.90. The van der Waals surface area contributed by atoms with Gasteiger partial charge in [-0.25, -0.2) is 9.67 Å². The lowest BCUT2D eigenvalue weighted by atomic mass is 10.1. The molecule has 0 unspecified atom stereocenters. The summed E-state index contributed by atoms with van der Waals surface area (Å²) in [6, 6.07) is 9.18. The minimum atomic E-state index is -0.135. The highest BCUT2D eigenvalue weighted by molar-refractivity contribution is 5.60. The van der Waals surface area contributed by atoms with Crippen molar-refractivity contribution in [1.29, 1.82) is 0 Å². The monoisotopic (exact) mass is 252 g/mol. The summed E-state index contributed by atoms with van der Waals surface area (Å²) < 4.78 is 1.41. The van der Waals surface area contributed by atoms with Gasteiger partial charge in [0, 0.05) is 29.8 Å². The van der Waals surface area contributed by atoms with E-state index in [0.29, 0.717) is 11.4 Å². The highest BCUT2D eigenvalue weighted by atomic mass is 16.1. The lowest BCUT2D eigenvalue weighted by Crippen LogP contribution is -2.16. The third-order valence-corrected chi connectivity index (χ3v) is 2.87. The zero-order chi connectivity index (χ0) is 13.2. The Morgan fingerprint density at radius 2 is 2.05 bits per heavy atom. The number of H-pyrrole nitrogens is 1. The molecule has 0 aliphatic heterocycles. The molecule has 0 aromatic carbocycles. The van der Waals surface area contributed by atoms with Crippen LogP contribution in [0, 0.1) is 6.92 Å². The Balaban J connectivity index is 2.09. The normalized spacial score (nSPS) is 10.6. The SMILES string of the molecule is Cc1ccc(-c2c[nH]n(-c3ccccn3)c2=O)cn1. The summed E-state index contributed by atoms with van der Waals surface area (Å²) in [4.78, 5) is 20.7. The maximum atomic E-state index is 12.3. The zero-order valence-corrected chi connectivity index (χ0v) is 10.4. The molecule has 0 spiro atoms. The van der Waals surface area contributed by atoms with Gasteiger partial charge in [0.05, 0.1) is 5.56 Å². The molecule has 0 amide bonds.